The van der Waals surface area contributed by atoms with Gasteiger partial charge in [-0.25, -0.2) is 0 Å². The molecular weight excluding hydrogens is 194 g/mol. The highest BCUT2D eigenvalue weighted by Gasteiger charge is 2.05. The molecule has 0 spiro atoms. The summed E-state index contributed by atoms with van der Waals surface area (Å²) in [6.07, 6.45) is 4.67. The molecular formula is C9H17N5O. The molecule has 0 saturated carbocycles. The third-order valence-corrected chi connectivity index (χ3v) is 2.18. The van der Waals surface area contributed by atoms with Crippen LogP contribution < -0.4 is 11.1 Å². The summed E-state index contributed by atoms with van der Waals surface area (Å²) in [5, 5.41) is 18.6. The van der Waals surface area contributed by atoms with Gasteiger partial charge < -0.3 is 16.3 Å². The van der Waals surface area contributed by atoms with Gasteiger partial charge in [0.05, 0.1) is 12.2 Å². The molecule has 0 amide bonds. The molecule has 0 aliphatic carbocycles. The SMILES string of the molecule is CC(NCCc1cnn(C)c1)C(N)=NO. The van der Waals surface area contributed by atoms with E-state index >= 15 is 0 Å². The average molecular weight is 211 g/mol. The van der Waals surface area contributed by atoms with Gasteiger partial charge in [-0.15, -0.1) is 0 Å². The number of hydrogen-bond acceptors (Lipinski definition) is 4. The van der Waals surface area contributed by atoms with Crippen molar-refractivity contribution in [2.24, 2.45) is 17.9 Å². The van der Waals surface area contributed by atoms with Gasteiger partial charge in [0, 0.05) is 13.2 Å². The fourth-order valence-corrected chi connectivity index (χ4v) is 1.23. The highest BCUT2D eigenvalue weighted by atomic mass is 16.4. The van der Waals surface area contributed by atoms with Gasteiger partial charge in [0.1, 0.15) is 0 Å². The van der Waals surface area contributed by atoms with Crippen molar-refractivity contribution in [1.29, 1.82) is 0 Å². The molecule has 84 valence electrons. The molecule has 0 radical (unpaired) electrons. The van der Waals surface area contributed by atoms with E-state index in [2.05, 4.69) is 15.6 Å². The number of aromatic nitrogens is 2. The Morgan fingerprint density at radius 1 is 1.80 bits per heavy atom. The molecule has 1 atom stereocenters. The highest BCUT2D eigenvalue weighted by Crippen LogP contribution is 1.96. The lowest BCUT2D eigenvalue weighted by atomic mass is 10.2. The van der Waals surface area contributed by atoms with Crippen LogP contribution in [0.3, 0.4) is 0 Å². The first-order chi connectivity index (χ1) is 7.13. The van der Waals surface area contributed by atoms with E-state index < -0.39 is 0 Å². The van der Waals surface area contributed by atoms with Crippen LogP contribution in [0.5, 0.6) is 0 Å². The van der Waals surface area contributed by atoms with E-state index in [0.717, 1.165) is 18.5 Å². The standard InChI is InChI=1S/C9H17N5O/c1-7(9(10)13-15)11-4-3-8-5-12-14(2)6-8/h5-7,11,15H,3-4H2,1-2H3,(H2,10,13). The van der Waals surface area contributed by atoms with E-state index in [9.17, 15) is 0 Å². The largest absolute Gasteiger partial charge is 0.409 e. The van der Waals surface area contributed by atoms with Crippen LogP contribution in [0.15, 0.2) is 17.5 Å². The number of hydrogen-bond donors (Lipinski definition) is 3. The van der Waals surface area contributed by atoms with Crippen molar-refractivity contribution in [3.63, 3.8) is 0 Å². The summed E-state index contributed by atoms with van der Waals surface area (Å²) in [6, 6.07) is -0.119. The number of nitrogens with one attached hydrogen (secondary N) is 1. The van der Waals surface area contributed by atoms with Crippen LogP contribution in [-0.2, 0) is 13.5 Å². The summed E-state index contributed by atoms with van der Waals surface area (Å²) in [5.41, 5.74) is 6.58. The molecule has 6 nitrogen and oxygen atoms in total. The molecule has 1 aromatic heterocycles. The molecule has 4 N–H and O–H groups in total. The lowest BCUT2D eigenvalue weighted by Gasteiger charge is -2.10. The lowest BCUT2D eigenvalue weighted by molar-refractivity contribution is 0.315. The minimum atomic E-state index is -0.119. The van der Waals surface area contributed by atoms with E-state index in [-0.39, 0.29) is 11.9 Å². The van der Waals surface area contributed by atoms with Crippen LogP contribution in [0.4, 0.5) is 0 Å². The highest BCUT2D eigenvalue weighted by molar-refractivity contribution is 5.84. The maximum atomic E-state index is 8.43. The van der Waals surface area contributed by atoms with Gasteiger partial charge >= 0.3 is 0 Å². The number of nitrogens with two attached hydrogens (primary N) is 1. The predicted octanol–water partition coefficient (Wildman–Crippen LogP) is -0.313. The Morgan fingerprint density at radius 3 is 3.07 bits per heavy atom. The number of rotatable bonds is 5. The molecule has 6 heteroatoms. The van der Waals surface area contributed by atoms with Crippen molar-refractivity contribution in [3.8, 4) is 0 Å². The van der Waals surface area contributed by atoms with Crippen LogP contribution in [0.1, 0.15) is 12.5 Å². The Bertz CT molecular complexity index is 333. The zero-order chi connectivity index (χ0) is 11.3. The van der Waals surface area contributed by atoms with Gasteiger partial charge in [-0.2, -0.15) is 5.10 Å². The number of aryl methyl sites for hydroxylation is 1. The quantitative estimate of drug-likeness (QED) is 0.270. The molecule has 0 fully saturated rings. The summed E-state index contributed by atoms with van der Waals surface area (Å²) >= 11 is 0. The lowest BCUT2D eigenvalue weighted by Crippen LogP contribution is -2.39. The van der Waals surface area contributed by atoms with Crippen molar-refractivity contribution in [1.82, 2.24) is 15.1 Å². The van der Waals surface area contributed by atoms with Gasteiger partial charge in [0.25, 0.3) is 0 Å². The molecule has 0 aromatic carbocycles. The van der Waals surface area contributed by atoms with Gasteiger partial charge in [0.2, 0.25) is 0 Å². The van der Waals surface area contributed by atoms with Gasteiger partial charge in [-0.3, -0.25) is 4.68 Å². The molecule has 0 aliphatic heterocycles. The summed E-state index contributed by atoms with van der Waals surface area (Å²) in [7, 11) is 1.88. The Balaban J connectivity index is 2.27. The Labute approximate surface area is 88.8 Å². The van der Waals surface area contributed by atoms with Crippen LogP contribution in [0.2, 0.25) is 0 Å². The Morgan fingerprint density at radius 2 is 2.53 bits per heavy atom. The van der Waals surface area contributed by atoms with Crippen molar-refractivity contribution in [2.75, 3.05) is 6.54 Å². The Kier molecular flexibility index (Phi) is 4.11. The predicted molar refractivity (Wildman–Crippen MR) is 57.8 cm³/mol. The third kappa shape index (κ3) is 3.59. The molecule has 1 rings (SSSR count). The van der Waals surface area contributed by atoms with E-state index in [1.165, 1.54) is 0 Å². The van der Waals surface area contributed by atoms with Crippen LogP contribution >= 0.6 is 0 Å². The minimum absolute atomic E-state index is 0.119. The van der Waals surface area contributed by atoms with E-state index in [0.29, 0.717) is 0 Å². The van der Waals surface area contributed by atoms with Crippen molar-refractivity contribution in [3.05, 3.63) is 18.0 Å². The number of oxime groups is 1. The summed E-state index contributed by atoms with van der Waals surface area (Å²) in [5.74, 6) is 0.196. The summed E-state index contributed by atoms with van der Waals surface area (Å²) in [4.78, 5) is 0. The Hall–Kier alpha value is -1.56. The molecule has 0 saturated heterocycles. The number of nitrogens with zero attached hydrogens (tertiary/aromatic N) is 3. The van der Waals surface area contributed by atoms with E-state index in [4.69, 9.17) is 10.9 Å². The second kappa shape index (κ2) is 5.35. The van der Waals surface area contributed by atoms with Crippen LogP contribution in [0.25, 0.3) is 0 Å². The second-order valence-electron chi connectivity index (χ2n) is 3.47. The summed E-state index contributed by atoms with van der Waals surface area (Å²) < 4.78 is 1.77. The van der Waals surface area contributed by atoms with Crippen molar-refractivity contribution < 1.29 is 5.21 Å². The normalized spacial score (nSPS) is 14.1. The molecule has 1 unspecified atom stereocenters. The third-order valence-electron chi connectivity index (χ3n) is 2.18. The maximum Gasteiger partial charge on any atom is 0.156 e. The van der Waals surface area contributed by atoms with Gasteiger partial charge in [-0.1, -0.05) is 5.16 Å². The molecule has 0 bridgehead atoms. The topological polar surface area (TPSA) is 88.5 Å². The summed E-state index contributed by atoms with van der Waals surface area (Å²) in [6.45, 7) is 2.61. The molecule has 1 heterocycles. The van der Waals surface area contributed by atoms with Crippen molar-refractivity contribution >= 4 is 5.84 Å². The smallest absolute Gasteiger partial charge is 0.156 e. The monoisotopic (exact) mass is 211 g/mol. The van der Waals surface area contributed by atoms with Gasteiger partial charge in [0.15, 0.2) is 5.84 Å². The fraction of sp³-hybridized carbons (Fsp3) is 0.556. The zero-order valence-electron chi connectivity index (χ0n) is 9.01. The van der Waals surface area contributed by atoms with Gasteiger partial charge in [-0.05, 0) is 25.5 Å². The maximum absolute atomic E-state index is 8.43. The fourth-order valence-electron chi connectivity index (χ4n) is 1.23. The average Bonchev–Trinajstić information content (AvgIpc) is 2.63. The minimum Gasteiger partial charge on any atom is -0.409 e. The number of amidine groups is 1. The van der Waals surface area contributed by atoms with Crippen LogP contribution in [-0.4, -0.2) is 33.4 Å². The van der Waals surface area contributed by atoms with E-state index in [1.807, 2.05) is 26.4 Å². The molecule has 0 aliphatic rings. The first-order valence-electron chi connectivity index (χ1n) is 4.82. The first kappa shape index (κ1) is 11.5. The first-order valence-corrected chi connectivity index (χ1v) is 4.82. The van der Waals surface area contributed by atoms with Crippen molar-refractivity contribution in [2.45, 2.75) is 19.4 Å². The second-order valence-corrected chi connectivity index (χ2v) is 3.47. The molecule has 1 aromatic rings. The zero-order valence-corrected chi connectivity index (χ0v) is 9.01. The van der Waals surface area contributed by atoms with E-state index in [1.54, 1.807) is 4.68 Å². The van der Waals surface area contributed by atoms with Crippen LogP contribution in [0, 0.1) is 0 Å². The molecule has 15 heavy (non-hydrogen) atoms.